The van der Waals surface area contributed by atoms with Gasteiger partial charge in [0.25, 0.3) is 5.91 Å². The third-order valence-electron chi connectivity index (χ3n) is 13.6. The Bertz CT molecular complexity index is 2820. The second-order valence-corrected chi connectivity index (χ2v) is 18.0. The summed E-state index contributed by atoms with van der Waals surface area (Å²) in [6.07, 6.45) is 2.88. The van der Waals surface area contributed by atoms with Crippen LogP contribution in [0, 0.1) is 17.8 Å². The van der Waals surface area contributed by atoms with Gasteiger partial charge in [-0.25, -0.2) is 19.6 Å². The number of aromatic amines is 2. The van der Waals surface area contributed by atoms with Gasteiger partial charge in [-0.1, -0.05) is 62.4 Å². The third-order valence-corrected chi connectivity index (χ3v) is 13.6. The summed E-state index contributed by atoms with van der Waals surface area (Å²) in [5.41, 5.74) is 7.14. The molecule has 2 aromatic heterocycles. The summed E-state index contributed by atoms with van der Waals surface area (Å²) in [7, 11) is 4.23. The molecule has 0 bridgehead atoms. The molecule has 4 N–H and O–H groups in total. The fourth-order valence-corrected chi connectivity index (χ4v) is 10.2. The van der Waals surface area contributed by atoms with Crippen LogP contribution in [0.1, 0.15) is 74.0 Å². The number of nitrogens with zero attached hydrogens (tertiary/aromatic N) is 4. The Hall–Kier alpha value is -6.94. The van der Waals surface area contributed by atoms with Crippen molar-refractivity contribution in [3.8, 4) is 28.1 Å². The monoisotopic (exact) mass is 880 g/mol. The molecule has 7 atom stereocenters. The second-order valence-electron chi connectivity index (χ2n) is 18.0. The molecule has 1 aliphatic carbocycles. The van der Waals surface area contributed by atoms with Crippen LogP contribution in [0.15, 0.2) is 79.0 Å². The lowest BCUT2D eigenvalue weighted by atomic mass is 9.92. The number of nitrogens with one attached hydrogen (secondary N) is 4. The molecule has 16 heteroatoms. The maximum atomic E-state index is 14.3. The lowest BCUT2D eigenvalue weighted by Crippen LogP contribution is -2.52. The first-order valence-electron chi connectivity index (χ1n) is 22.2. The number of piperidine rings is 1. The van der Waals surface area contributed by atoms with Gasteiger partial charge < -0.3 is 49.3 Å². The number of rotatable bonds is 11. The van der Waals surface area contributed by atoms with Crippen molar-refractivity contribution in [3.63, 3.8) is 0 Å². The molecule has 0 radical (unpaired) electrons. The van der Waals surface area contributed by atoms with Crippen molar-refractivity contribution in [2.24, 2.45) is 17.8 Å². The first-order chi connectivity index (χ1) is 31.5. The molecule has 3 fully saturated rings. The van der Waals surface area contributed by atoms with E-state index in [9.17, 15) is 19.2 Å². The molecule has 65 heavy (non-hydrogen) atoms. The zero-order valence-corrected chi connectivity index (χ0v) is 36.9. The van der Waals surface area contributed by atoms with E-state index in [1.54, 1.807) is 18.2 Å². The number of methoxy groups -OCH3 is 3. The number of H-pyrrole nitrogens is 2. The predicted molar refractivity (Wildman–Crippen MR) is 240 cm³/mol. The Balaban J connectivity index is 0.908. The number of benzene rings is 4. The maximum absolute atomic E-state index is 14.3. The smallest absolute Gasteiger partial charge is 0.407 e. The Morgan fingerprint density at radius 1 is 0.846 bits per heavy atom. The van der Waals surface area contributed by atoms with Crippen LogP contribution in [-0.2, 0) is 30.4 Å². The fraction of sp³-hybridized carbons (Fsp3) is 0.388. The molecule has 6 aromatic rings. The molecule has 0 spiro atoms. The van der Waals surface area contributed by atoms with E-state index in [-0.39, 0.29) is 41.8 Å². The zero-order chi connectivity index (χ0) is 45.1. The molecule has 3 aliphatic heterocycles. The molecule has 4 aliphatic rings. The number of amides is 4. The molecular formula is C49H52N8O8. The average Bonchev–Trinajstić information content (AvgIpc) is 3.79. The highest BCUT2D eigenvalue weighted by atomic mass is 16.5. The number of hydrogen-bond acceptors (Lipinski definition) is 10. The predicted octanol–water partition coefficient (Wildman–Crippen LogP) is 7.34. The topological polar surface area (TPSA) is 193 Å². The molecule has 1 saturated carbocycles. The Labute approximate surface area is 375 Å². The van der Waals surface area contributed by atoms with E-state index in [2.05, 4.69) is 57.0 Å². The highest BCUT2D eigenvalue weighted by Crippen LogP contribution is 2.54. The van der Waals surface area contributed by atoms with Crippen LogP contribution < -0.4 is 15.4 Å². The van der Waals surface area contributed by atoms with Crippen molar-refractivity contribution in [2.75, 3.05) is 34.5 Å². The van der Waals surface area contributed by atoms with Gasteiger partial charge in [0.15, 0.2) is 0 Å². The van der Waals surface area contributed by atoms with Crippen molar-refractivity contribution in [1.29, 1.82) is 0 Å². The Kier molecular flexibility index (Phi) is 10.9. The second kappa shape index (κ2) is 16.9. The zero-order valence-electron chi connectivity index (χ0n) is 36.9. The van der Waals surface area contributed by atoms with Crippen molar-refractivity contribution in [3.05, 3.63) is 102 Å². The van der Waals surface area contributed by atoms with Gasteiger partial charge in [0, 0.05) is 36.6 Å². The number of imidazole rings is 2. The first-order valence-corrected chi connectivity index (χ1v) is 22.2. The SMILES string of the molecule is COC[C@H]1C[C@@H](c2ncc(-c3ccc4c(c3)COc3cc5c(ccc6[nH]c(C7C[C@H]8C[C@H]8N7C(=O)[C@@H](NC(=O)OC)C(C)C)nc65)cc3-4)[nH]2)N(C(=O)[C@H](NC(=O)OC)c2ccccc2)C1. The van der Waals surface area contributed by atoms with Crippen LogP contribution in [0.2, 0.25) is 0 Å². The van der Waals surface area contributed by atoms with Crippen molar-refractivity contribution < 1.29 is 38.1 Å². The minimum absolute atomic E-state index is 0.0694. The van der Waals surface area contributed by atoms with Crippen molar-refractivity contribution >= 4 is 45.8 Å². The van der Waals surface area contributed by atoms with Gasteiger partial charge >= 0.3 is 12.2 Å². The van der Waals surface area contributed by atoms with Crippen LogP contribution >= 0.6 is 0 Å². The molecular weight excluding hydrogens is 829 g/mol. The average molecular weight is 881 g/mol. The van der Waals surface area contributed by atoms with Crippen LogP contribution in [-0.4, -0.2) is 100 Å². The van der Waals surface area contributed by atoms with E-state index >= 15 is 0 Å². The quantitative estimate of drug-likeness (QED) is 0.102. The van der Waals surface area contributed by atoms with E-state index in [4.69, 9.17) is 28.9 Å². The third kappa shape index (κ3) is 7.68. The van der Waals surface area contributed by atoms with Gasteiger partial charge in [0.2, 0.25) is 5.91 Å². The fourth-order valence-electron chi connectivity index (χ4n) is 10.2. The van der Waals surface area contributed by atoms with Gasteiger partial charge in [0.1, 0.15) is 36.1 Å². The highest BCUT2D eigenvalue weighted by molar-refractivity contribution is 6.07. The summed E-state index contributed by atoms with van der Waals surface area (Å²) in [5.74, 6) is 2.13. The standard InChI is InChI=1S/C49H52N8O8/c1-25(2)41(54-48(60)63-4)47(59)57-37-18-30(37)19-39(57)45-51-35-14-12-28-17-34-32-13-11-29(16-31(32)24-65-40(34)20-33(28)43(35)53-45)36-21-50-44(52-36)38-15-26(23-62-3)22-56(38)46(58)42(55-49(61)64-5)27-9-7-6-8-10-27/h6-14,16-17,20-21,25-26,30,37-39,41-42H,15,18-19,22-24H2,1-5H3,(H,50,52)(H,51,53)(H,54,60)(H,55,61)/t26-,30+,37+,38-,39?,41-,42+/m0/s1. The Morgan fingerprint density at radius 2 is 1.65 bits per heavy atom. The number of alkyl carbamates (subject to hydrolysis) is 2. The minimum atomic E-state index is -0.947. The number of carbonyl (C=O) groups is 4. The summed E-state index contributed by atoms with van der Waals surface area (Å²) in [4.78, 5) is 73.7. The molecule has 2 saturated heterocycles. The number of aromatic nitrogens is 4. The van der Waals surface area contributed by atoms with Crippen LogP contribution in [0.25, 0.3) is 44.2 Å². The number of fused-ring (bicyclic) bond motifs is 7. The molecule has 5 heterocycles. The number of carbonyl (C=O) groups excluding carboxylic acids is 4. The van der Waals surface area contributed by atoms with Crippen molar-refractivity contribution in [1.82, 2.24) is 40.4 Å². The number of likely N-dealkylation sites (tertiary alicyclic amines) is 2. The summed E-state index contributed by atoms with van der Waals surface area (Å²) < 4.78 is 21.7. The summed E-state index contributed by atoms with van der Waals surface area (Å²) in [6.45, 7) is 5.12. The van der Waals surface area contributed by atoms with Crippen LogP contribution in [0.5, 0.6) is 5.75 Å². The number of ether oxygens (including phenoxy) is 4. The van der Waals surface area contributed by atoms with E-state index < -0.39 is 24.3 Å². The molecule has 1 unspecified atom stereocenters. The van der Waals surface area contributed by atoms with E-state index in [1.165, 1.54) is 14.2 Å². The van der Waals surface area contributed by atoms with Gasteiger partial charge in [-0.2, -0.15) is 0 Å². The molecule has 16 nitrogen and oxygen atoms in total. The van der Waals surface area contributed by atoms with Crippen molar-refractivity contribution in [2.45, 2.75) is 69.9 Å². The van der Waals surface area contributed by atoms with Gasteiger partial charge in [-0.3, -0.25) is 9.59 Å². The highest BCUT2D eigenvalue weighted by Gasteiger charge is 2.56. The van der Waals surface area contributed by atoms with E-state index in [0.29, 0.717) is 43.5 Å². The van der Waals surface area contributed by atoms with Crippen LogP contribution in [0.4, 0.5) is 9.59 Å². The normalized spacial score (nSPS) is 21.6. The van der Waals surface area contributed by atoms with Gasteiger partial charge in [0.05, 0.1) is 55.8 Å². The molecule has 4 amide bonds. The van der Waals surface area contributed by atoms with E-state index in [0.717, 1.165) is 74.2 Å². The van der Waals surface area contributed by atoms with Crippen LogP contribution in [0.3, 0.4) is 0 Å². The lowest BCUT2D eigenvalue weighted by molar-refractivity contribution is -0.137. The molecule has 4 aromatic carbocycles. The summed E-state index contributed by atoms with van der Waals surface area (Å²) in [6, 6.07) is 21.6. The van der Waals surface area contributed by atoms with Gasteiger partial charge in [-0.05, 0) is 83.0 Å². The molecule has 336 valence electrons. The van der Waals surface area contributed by atoms with E-state index in [1.807, 2.05) is 55.1 Å². The molecule has 10 rings (SSSR count). The largest absolute Gasteiger partial charge is 0.488 e. The van der Waals surface area contributed by atoms with Gasteiger partial charge in [-0.15, -0.1) is 0 Å². The lowest BCUT2D eigenvalue weighted by Gasteiger charge is -2.31. The summed E-state index contributed by atoms with van der Waals surface area (Å²) >= 11 is 0. The first kappa shape index (κ1) is 42.0. The maximum Gasteiger partial charge on any atom is 0.407 e. The number of hydrogen-bond donors (Lipinski definition) is 4. The Morgan fingerprint density at radius 3 is 2.42 bits per heavy atom. The summed E-state index contributed by atoms with van der Waals surface area (Å²) in [5, 5.41) is 7.45. The minimum Gasteiger partial charge on any atom is -0.488 e.